The molecule has 2 aliphatic heterocycles. The maximum Gasteiger partial charge on any atom is 0.264 e. The Kier molecular flexibility index (Phi) is 6.57. The summed E-state index contributed by atoms with van der Waals surface area (Å²) in [5.41, 5.74) is 1.27. The predicted molar refractivity (Wildman–Crippen MR) is 141 cm³/mol. The van der Waals surface area contributed by atoms with Crippen molar-refractivity contribution in [3.05, 3.63) is 83.7 Å². The van der Waals surface area contributed by atoms with Crippen LogP contribution in [0.1, 0.15) is 35.7 Å². The summed E-state index contributed by atoms with van der Waals surface area (Å²) in [5, 5.41) is 2.74. The number of halogens is 1. The zero-order chi connectivity index (χ0) is 27.3. The van der Waals surface area contributed by atoms with Crippen molar-refractivity contribution in [2.75, 3.05) is 29.1 Å². The van der Waals surface area contributed by atoms with E-state index in [2.05, 4.69) is 5.32 Å². The molecule has 5 rings (SSSR count). The van der Waals surface area contributed by atoms with Crippen LogP contribution in [0.2, 0.25) is 0 Å². The van der Waals surface area contributed by atoms with Crippen LogP contribution >= 0.6 is 0 Å². The Bertz CT molecular complexity index is 1620. The van der Waals surface area contributed by atoms with Crippen LogP contribution in [0.15, 0.2) is 76.5 Å². The summed E-state index contributed by atoms with van der Waals surface area (Å²) in [6.07, 6.45) is 2.23. The highest BCUT2D eigenvalue weighted by molar-refractivity contribution is 7.93. The predicted octanol–water partition coefficient (Wildman–Crippen LogP) is 4.13. The van der Waals surface area contributed by atoms with Gasteiger partial charge in [0.2, 0.25) is 0 Å². The summed E-state index contributed by atoms with van der Waals surface area (Å²) in [5.74, 6) is -0.981. The van der Waals surface area contributed by atoms with Gasteiger partial charge in [-0.3, -0.25) is 9.10 Å². The fourth-order valence-corrected chi connectivity index (χ4v) is 7.82. The minimum atomic E-state index is -4.03. The highest BCUT2D eigenvalue weighted by Crippen LogP contribution is 2.52. The van der Waals surface area contributed by atoms with E-state index >= 15 is 0 Å². The second-order valence-electron chi connectivity index (χ2n) is 9.69. The Morgan fingerprint density at radius 2 is 1.66 bits per heavy atom. The molecule has 8 nitrogen and oxygen atoms in total. The lowest BCUT2D eigenvalue weighted by Gasteiger charge is -2.39. The molecule has 1 fully saturated rings. The molecule has 200 valence electrons. The Balaban J connectivity index is 1.55. The van der Waals surface area contributed by atoms with Gasteiger partial charge in [0, 0.05) is 36.1 Å². The van der Waals surface area contributed by atoms with Crippen molar-refractivity contribution in [1.29, 1.82) is 0 Å². The lowest BCUT2D eigenvalue weighted by molar-refractivity contribution is 0.0465. The number of hydrogen-bond acceptors (Lipinski definition) is 6. The summed E-state index contributed by atoms with van der Waals surface area (Å²) in [6, 6.07) is 15.1. The van der Waals surface area contributed by atoms with E-state index in [0.717, 1.165) is 24.0 Å². The minimum absolute atomic E-state index is 0.0200. The Morgan fingerprint density at radius 3 is 2.32 bits per heavy atom. The first-order valence-electron chi connectivity index (χ1n) is 12.1. The molecule has 0 saturated carbocycles. The lowest BCUT2D eigenvalue weighted by atomic mass is 9.71. The maximum absolute atomic E-state index is 13.8. The van der Waals surface area contributed by atoms with Crippen LogP contribution in [0, 0.1) is 5.82 Å². The molecular formula is C27H27FN2O6S2. The van der Waals surface area contributed by atoms with Gasteiger partial charge >= 0.3 is 0 Å². The molecule has 2 aliphatic rings. The van der Waals surface area contributed by atoms with Crippen molar-refractivity contribution in [3.8, 4) is 0 Å². The molecule has 1 N–H and O–H groups in total. The van der Waals surface area contributed by atoms with Crippen LogP contribution in [0.25, 0.3) is 0 Å². The van der Waals surface area contributed by atoms with Crippen molar-refractivity contribution < 1.29 is 30.8 Å². The minimum Gasteiger partial charge on any atom is -0.381 e. The number of fused-ring (bicyclic) bond motifs is 2. The summed E-state index contributed by atoms with van der Waals surface area (Å²) < 4.78 is 71.8. The molecule has 11 heteroatoms. The first-order chi connectivity index (χ1) is 17.9. The van der Waals surface area contributed by atoms with Crippen molar-refractivity contribution in [2.45, 2.75) is 41.0 Å². The number of carbonyl (C=O) groups excluding carboxylic acids is 1. The standard InChI is InChI=1S/C27H27FN2O6S2/c1-18-27(12-14-36-15-13-27)24-16-19(26(31)29-21-4-3-5-23(17-21)37(2,32)33)6-11-25(24)30(18)38(34,35)22-9-7-20(28)8-10-22/h3-11,16-18H,12-15H2,1-2H3,(H,29,31). The molecule has 1 atom stereocenters. The van der Waals surface area contributed by atoms with Gasteiger partial charge in [-0.1, -0.05) is 6.07 Å². The fraction of sp³-hybridized carbons (Fsp3) is 0.296. The van der Waals surface area contributed by atoms with Crippen LogP contribution in [0.5, 0.6) is 0 Å². The number of nitrogens with one attached hydrogen (secondary N) is 1. The third-order valence-electron chi connectivity index (χ3n) is 7.46. The third kappa shape index (κ3) is 4.48. The molecule has 2 heterocycles. The molecule has 38 heavy (non-hydrogen) atoms. The number of sulfonamides is 1. The molecule has 0 radical (unpaired) electrons. The molecule has 1 spiro atoms. The van der Waals surface area contributed by atoms with E-state index in [1.807, 2.05) is 6.92 Å². The van der Waals surface area contributed by atoms with E-state index in [0.29, 0.717) is 43.0 Å². The molecule has 3 aromatic carbocycles. The van der Waals surface area contributed by atoms with Gasteiger partial charge in [-0.05, 0) is 86.0 Å². The summed E-state index contributed by atoms with van der Waals surface area (Å²) in [6.45, 7) is 2.74. The second kappa shape index (κ2) is 9.48. The molecule has 1 saturated heterocycles. The lowest BCUT2D eigenvalue weighted by Crippen LogP contribution is -2.48. The van der Waals surface area contributed by atoms with Gasteiger partial charge in [0.15, 0.2) is 9.84 Å². The van der Waals surface area contributed by atoms with Gasteiger partial charge < -0.3 is 10.1 Å². The van der Waals surface area contributed by atoms with Crippen LogP contribution in [0.3, 0.4) is 0 Å². The summed E-state index contributed by atoms with van der Waals surface area (Å²) in [4.78, 5) is 13.3. The topological polar surface area (TPSA) is 110 Å². The number of ether oxygens (including phenoxy) is 1. The maximum atomic E-state index is 13.8. The van der Waals surface area contributed by atoms with Gasteiger partial charge in [0.05, 0.1) is 21.5 Å². The fourth-order valence-electron chi connectivity index (χ4n) is 5.41. The van der Waals surface area contributed by atoms with E-state index < -0.39 is 43.0 Å². The van der Waals surface area contributed by atoms with Crippen LogP contribution in [-0.2, 0) is 30.0 Å². The normalized spacial score (nSPS) is 18.8. The Morgan fingerprint density at radius 1 is 0.974 bits per heavy atom. The average Bonchev–Trinajstić information content (AvgIpc) is 3.11. The van der Waals surface area contributed by atoms with Crippen LogP contribution in [0.4, 0.5) is 15.8 Å². The van der Waals surface area contributed by atoms with Gasteiger partial charge in [0.25, 0.3) is 15.9 Å². The largest absolute Gasteiger partial charge is 0.381 e. The van der Waals surface area contributed by atoms with E-state index in [1.54, 1.807) is 30.3 Å². The van der Waals surface area contributed by atoms with Gasteiger partial charge in [-0.25, -0.2) is 21.2 Å². The van der Waals surface area contributed by atoms with E-state index in [9.17, 15) is 26.0 Å². The Hall–Kier alpha value is -3.28. The van der Waals surface area contributed by atoms with Crippen molar-refractivity contribution in [1.82, 2.24) is 0 Å². The highest BCUT2D eigenvalue weighted by atomic mass is 32.2. The number of benzene rings is 3. The quantitative estimate of drug-likeness (QED) is 0.505. The van der Waals surface area contributed by atoms with Gasteiger partial charge in [0.1, 0.15) is 5.82 Å². The molecule has 0 aromatic heterocycles. The molecule has 0 aliphatic carbocycles. The molecule has 3 aromatic rings. The number of hydrogen-bond donors (Lipinski definition) is 1. The molecule has 1 unspecified atom stereocenters. The monoisotopic (exact) mass is 558 g/mol. The number of rotatable bonds is 5. The van der Waals surface area contributed by atoms with Gasteiger partial charge in [-0.2, -0.15) is 0 Å². The zero-order valence-electron chi connectivity index (χ0n) is 20.8. The highest BCUT2D eigenvalue weighted by Gasteiger charge is 2.53. The number of carbonyl (C=O) groups is 1. The number of anilines is 2. The second-order valence-corrected chi connectivity index (χ2v) is 13.5. The first-order valence-corrected chi connectivity index (χ1v) is 15.4. The molecular weight excluding hydrogens is 531 g/mol. The molecule has 1 amide bonds. The van der Waals surface area contributed by atoms with Crippen molar-refractivity contribution in [2.24, 2.45) is 0 Å². The number of sulfone groups is 1. The van der Waals surface area contributed by atoms with E-state index in [1.165, 1.54) is 28.6 Å². The van der Waals surface area contributed by atoms with Crippen molar-refractivity contribution in [3.63, 3.8) is 0 Å². The SMILES string of the molecule is CC1N(S(=O)(=O)c2ccc(F)cc2)c2ccc(C(=O)Nc3cccc(S(C)(=O)=O)c3)cc2C12CCOCC2. The Labute approximate surface area is 221 Å². The number of amides is 1. The van der Waals surface area contributed by atoms with Crippen LogP contribution in [-0.4, -0.2) is 48.3 Å². The van der Waals surface area contributed by atoms with Crippen LogP contribution < -0.4 is 9.62 Å². The first kappa shape index (κ1) is 26.3. The van der Waals surface area contributed by atoms with E-state index in [4.69, 9.17) is 4.74 Å². The summed E-state index contributed by atoms with van der Waals surface area (Å²) in [7, 11) is -7.48. The van der Waals surface area contributed by atoms with Gasteiger partial charge in [-0.15, -0.1) is 0 Å². The van der Waals surface area contributed by atoms with E-state index in [-0.39, 0.29) is 9.79 Å². The molecule has 0 bridgehead atoms. The average molecular weight is 559 g/mol. The van der Waals surface area contributed by atoms with Crippen molar-refractivity contribution >= 4 is 37.1 Å². The smallest absolute Gasteiger partial charge is 0.264 e. The number of nitrogens with zero attached hydrogens (tertiary/aromatic N) is 1. The third-order valence-corrected chi connectivity index (χ3v) is 10.5. The summed E-state index contributed by atoms with van der Waals surface area (Å²) >= 11 is 0. The zero-order valence-corrected chi connectivity index (χ0v) is 22.5.